The van der Waals surface area contributed by atoms with Crippen molar-refractivity contribution >= 4 is 54.8 Å². The molecule has 0 fully saturated rings. The van der Waals surface area contributed by atoms with E-state index in [4.69, 9.17) is 9.72 Å². The lowest BCUT2D eigenvalue weighted by molar-refractivity contribution is -0.944. The van der Waals surface area contributed by atoms with E-state index in [1.807, 2.05) is 6.20 Å². The van der Waals surface area contributed by atoms with E-state index in [0.29, 0.717) is 0 Å². The SMILES string of the molecule is Cc1cccc(C)c1-c1c[n+]2c3c4c5c(ccc4c4cccnc4n13)Oc1ccc3c4ccccc4n4cc[n+]6c4c3c1C562. The maximum absolute atomic E-state index is 6.86. The first-order chi connectivity index (χ1) is 21.7. The molecule has 9 aromatic rings. The van der Waals surface area contributed by atoms with Crippen LogP contribution in [-0.4, -0.2) is 13.8 Å². The largest absolute Gasteiger partial charge is 0.456 e. The Morgan fingerprint density at radius 2 is 1.43 bits per heavy atom. The molecule has 0 saturated carbocycles. The lowest BCUT2D eigenvalue weighted by Crippen LogP contribution is -2.71. The Morgan fingerprint density at radius 1 is 0.705 bits per heavy atom. The molecular formula is C38H23N5O+2. The molecule has 1 spiro atoms. The highest BCUT2D eigenvalue weighted by Crippen LogP contribution is 2.57. The Kier molecular flexibility index (Phi) is 3.35. The zero-order valence-corrected chi connectivity index (χ0v) is 24.0. The van der Waals surface area contributed by atoms with Gasteiger partial charge in [-0.05, 0) is 67.4 Å². The van der Waals surface area contributed by atoms with Crippen LogP contribution in [0.25, 0.3) is 66.0 Å². The van der Waals surface area contributed by atoms with Crippen LogP contribution in [0.2, 0.25) is 0 Å². The molecule has 5 aromatic heterocycles. The number of nitrogens with zero attached hydrogens (tertiary/aromatic N) is 5. The number of pyridine rings is 3. The van der Waals surface area contributed by atoms with Crippen LogP contribution in [0.5, 0.6) is 11.5 Å². The fraction of sp³-hybridized carbons (Fsp3) is 0.0789. The van der Waals surface area contributed by atoms with E-state index in [0.717, 1.165) is 33.9 Å². The van der Waals surface area contributed by atoms with Crippen molar-refractivity contribution in [1.29, 1.82) is 0 Å². The second-order valence-corrected chi connectivity index (χ2v) is 12.6. The molecule has 1 atom stereocenters. The van der Waals surface area contributed by atoms with E-state index in [1.54, 1.807) is 0 Å². The number of para-hydroxylation sites is 1. The van der Waals surface area contributed by atoms with Crippen LogP contribution in [0.4, 0.5) is 0 Å². The highest BCUT2D eigenvalue weighted by molar-refractivity contribution is 6.17. The predicted octanol–water partition coefficient (Wildman–Crippen LogP) is 7.09. The molecule has 12 rings (SSSR count). The number of aryl methyl sites for hydroxylation is 2. The maximum Gasteiger partial charge on any atom is 0.315 e. The first-order valence-corrected chi connectivity index (χ1v) is 15.1. The minimum Gasteiger partial charge on any atom is -0.456 e. The molecule has 4 aromatic carbocycles. The van der Waals surface area contributed by atoms with Gasteiger partial charge in [0.2, 0.25) is 5.65 Å². The lowest BCUT2D eigenvalue weighted by Gasteiger charge is -2.30. The van der Waals surface area contributed by atoms with Crippen molar-refractivity contribution in [1.82, 2.24) is 13.8 Å². The third-order valence-corrected chi connectivity index (χ3v) is 10.6. The van der Waals surface area contributed by atoms with Crippen LogP contribution < -0.4 is 13.9 Å². The van der Waals surface area contributed by atoms with Crippen molar-refractivity contribution in [2.24, 2.45) is 0 Å². The van der Waals surface area contributed by atoms with Crippen LogP contribution in [0, 0.1) is 13.8 Å². The number of rotatable bonds is 1. The number of hydrogen-bond donors (Lipinski definition) is 0. The topological polar surface area (TPSA) is 38.7 Å². The average molecular weight is 566 g/mol. The summed E-state index contributed by atoms with van der Waals surface area (Å²) in [6.07, 6.45) is 8.81. The smallest absolute Gasteiger partial charge is 0.315 e. The maximum atomic E-state index is 6.86. The first kappa shape index (κ1) is 21.9. The molecule has 0 bridgehead atoms. The summed E-state index contributed by atoms with van der Waals surface area (Å²) in [6, 6.07) is 28.4. The Labute approximate surface area is 250 Å². The molecule has 3 aliphatic rings. The van der Waals surface area contributed by atoms with Gasteiger partial charge in [0.15, 0.2) is 5.69 Å². The van der Waals surface area contributed by atoms with E-state index in [1.165, 1.54) is 65.9 Å². The summed E-state index contributed by atoms with van der Waals surface area (Å²) in [5.74, 6) is 1.83. The monoisotopic (exact) mass is 565 g/mol. The lowest BCUT2D eigenvalue weighted by atomic mass is 9.85. The van der Waals surface area contributed by atoms with Gasteiger partial charge in [0.05, 0.1) is 16.2 Å². The van der Waals surface area contributed by atoms with Gasteiger partial charge in [-0.2, -0.15) is 17.9 Å². The second-order valence-electron chi connectivity index (χ2n) is 12.6. The summed E-state index contributed by atoms with van der Waals surface area (Å²) in [5.41, 5.74) is 11.2. The quantitative estimate of drug-likeness (QED) is 0.158. The molecule has 204 valence electrons. The van der Waals surface area contributed by atoms with Gasteiger partial charge in [0.25, 0.3) is 5.65 Å². The zero-order valence-electron chi connectivity index (χ0n) is 24.0. The summed E-state index contributed by atoms with van der Waals surface area (Å²) in [4.78, 5) is 5.04. The molecule has 6 nitrogen and oxygen atoms in total. The minimum atomic E-state index is -0.643. The molecule has 44 heavy (non-hydrogen) atoms. The molecule has 6 heteroatoms. The zero-order chi connectivity index (χ0) is 28.6. The molecule has 0 amide bonds. The number of ether oxygens (including phenoxy) is 1. The standard InChI is InChI=1S/C38H23N5O/c1-20-7-5-8-21(2)30(20)27-19-42-37-32-24(25-10-6-16-39-35(25)43(27)37)13-15-29-34(32)38(42)33-28(44-29)14-12-23-22-9-3-4-11-26(22)40-17-18-41(38)36(40)31(23)33/h3-19H,1-2H3/q+2. The van der Waals surface area contributed by atoms with E-state index < -0.39 is 5.66 Å². The summed E-state index contributed by atoms with van der Waals surface area (Å²) >= 11 is 0. The van der Waals surface area contributed by atoms with Crippen LogP contribution in [-0.2, 0) is 5.66 Å². The van der Waals surface area contributed by atoms with Gasteiger partial charge < -0.3 is 4.74 Å². The van der Waals surface area contributed by atoms with Crippen molar-refractivity contribution in [3.63, 3.8) is 0 Å². The normalized spacial score (nSPS) is 17.1. The number of benzene rings is 4. The molecular weight excluding hydrogens is 542 g/mol. The Morgan fingerprint density at radius 3 is 2.25 bits per heavy atom. The fourth-order valence-electron chi connectivity index (χ4n) is 9.12. The summed E-state index contributed by atoms with van der Waals surface area (Å²) in [6.45, 7) is 4.43. The third kappa shape index (κ3) is 2.02. The summed E-state index contributed by atoms with van der Waals surface area (Å²) in [5, 5.41) is 7.33. The number of imidazole rings is 2. The molecule has 0 radical (unpaired) electrons. The van der Waals surface area contributed by atoms with Crippen LogP contribution in [0.3, 0.4) is 0 Å². The van der Waals surface area contributed by atoms with E-state index in [2.05, 4.69) is 129 Å². The highest BCUT2D eigenvalue weighted by atomic mass is 16.5. The molecule has 0 N–H and O–H groups in total. The highest BCUT2D eigenvalue weighted by Gasteiger charge is 2.65. The van der Waals surface area contributed by atoms with Crippen LogP contribution in [0.1, 0.15) is 22.3 Å². The predicted molar refractivity (Wildman–Crippen MR) is 170 cm³/mol. The van der Waals surface area contributed by atoms with Crippen molar-refractivity contribution in [2.45, 2.75) is 19.5 Å². The van der Waals surface area contributed by atoms with Gasteiger partial charge >= 0.3 is 11.3 Å². The van der Waals surface area contributed by atoms with Gasteiger partial charge in [0, 0.05) is 27.9 Å². The van der Waals surface area contributed by atoms with E-state index in [9.17, 15) is 0 Å². The fourth-order valence-corrected chi connectivity index (χ4v) is 9.12. The van der Waals surface area contributed by atoms with E-state index >= 15 is 0 Å². The number of hydrogen-bond acceptors (Lipinski definition) is 2. The Hall–Kier alpha value is -5.75. The van der Waals surface area contributed by atoms with Crippen molar-refractivity contribution in [3.05, 3.63) is 126 Å². The third-order valence-electron chi connectivity index (χ3n) is 10.6. The number of fused-ring (bicyclic) bond motifs is 6. The van der Waals surface area contributed by atoms with Gasteiger partial charge in [0.1, 0.15) is 46.7 Å². The Balaban J connectivity index is 1.40. The molecule has 0 aliphatic carbocycles. The van der Waals surface area contributed by atoms with Gasteiger partial charge in [-0.15, -0.1) is 0 Å². The van der Waals surface area contributed by atoms with Crippen molar-refractivity contribution < 1.29 is 13.9 Å². The molecule has 8 heterocycles. The summed E-state index contributed by atoms with van der Waals surface area (Å²) in [7, 11) is 0. The summed E-state index contributed by atoms with van der Waals surface area (Å²) < 4.78 is 16.7. The van der Waals surface area contributed by atoms with Gasteiger partial charge in [-0.3, -0.25) is 0 Å². The van der Waals surface area contributed by atoms with Crippen LogP contribution in [0.15, 0.2) is 104 Å². The van der Waals surface area contributed by atoms with Crippen molar-refractivity contribution in [2.75, 3.05) is 0 Å². The minimum absolute atomic E-state index is 0.643. The number of aromatic nitrogens is 5. The van der Waals surface area contributed by atoms with Gasteiger partial charge in [-0.1, -0.05) is 36.4 Å². The first-order valence-electron chi connectivity index (χ1n) is 15.1. The molecule has 1 unspecified atom stereocenters. The van der Waals surface area contributed by atoms with Gasteiger partial charge in [-0.25, -0.2) is 4.98 Å². The van der Waals surface area contributed by atoms with Crippen molar-refractivity contribution in [3.8, 4) is 22.8 Å². The second kappa shape index (κ2) is 6.74. The van der Waals surface area contributed by atoms with Crippen LogP contribution >= 0.6 is 0 Å². The van der Waals surface area contributed by atoms with E-state index in [-0.39, 0.29) is 0 Å². The molecule has 0 saturated heterocycles. The Bertz CT molecular complexity index is 2870. The molecule has 3 aliphatic heterocycles. The average Bonchev–Trinajstić information content (AvgIpc) is 3.80.